The number of carbonyl (C=O) groups is 2. The van der Waals surface area contributed by atoms with Gasteiger partial charge >= 0.3 is 5.97 Å². The first kappa shape index (κ1) is 22.4. The average Bonchev–Trinajstić information content (AvgIpc) is 2.64. The molecule has 2 rings (SSSR count). The molecule has 1 atom stereocenters. The van der Waals surface area contributed by atoms with Crippen molar-refractivity contribution in [1.82, 2.24) is 0 Å². The summed E-state index contributed by atoms with van der Waals surface area (Å²) in [7, 11) is -3.71. The molecule has 0 aliphatic rings. The van der Waals surface area contributed by atoms with Crippen molar-refractivity contribution in [1.29, 1.82) is 0 Å². The number of amides is 1. The van der Waals surface area contributed by atoms with Gasteiger partial charge in [0, 0.05) is 5.69 Å². The maximum atomic E-state index is 12.8. The highest BCUT2D eigenvalue weighted by molar-refractivity contribution is 7.92. The van der Waals surface area contributed by atoms with Gasteiger partial charge in [0.2, 0.25) is 15.9 Å². The molecule has 0 fully saturated rings. The van der Waals surface area contributed by atoms with Gasteiger partial charge in [-0.25, -0.2) is 13.2 Å². The highest BCUT2D eigenvalue weighted by Crippen LogP contribution is 2.26. The van der Waals surface area contributed by atoms with E-state index in [1.54, 1.807) is 32.0 Å². The Morgan fingerprint density at radius 1 is 1.10 bits per heavy atom. The summed E-state index contributed by atoms with van der Waals surface area (Å²) in [6, 6.07) is 10.7. The largest absolute Gasteiger partial charge is 0.462 e. The predicted octanol–water partition coefficient (Wildman–Crippen LogP) is 3.27. The molecule has 2 aromatic rings. The fourth-order valence-corrected chi connectivity index (χ4v) is 4.11. The molecular formula is C21H26N2O5S. The highest BCUT2D eigenvalue weighted by Gasteiger charge is 2.30. The normalized spacial score (nSPS) is 12.2. The lowest BCUT2D eigenvalue weighted by Gasteiger charge is -2.29. The predicted molar refractivity (Wildman–Crippen MR) is 114 cm³/mol. The summed E-state index contributed by atoms with van der Waals surface area (Å²) in [4.78, 5) is 24.5. The second-order valence-corrected chi connectivity index (χ2v) is 8.67. The van der Waals surface area contributed by atoms with Crippen LogP contribution in [0.1, 0.15) is 35.3 Å². The van der Waals surface area contributed by atoms with Crippen LogP contribution in [-0.2, 0) is 19.6 Å². The minimum Gasteiger partial charge on any atom is -0.462 e. The molecule has 2 aromatic carbocycles. The molecule has 7 nitrogen and oxygen atoms in total. The number of hydrogen-bond acceptors (Lipinski definition) is 5. The Balaban J connectivity index is 2.26. The number of sulfonamides is 1. The molecule has 29 heavy (non-hydrogen) atoms. The second kappa shape index (κ2) is 9.09. The number of esters is 1. The third-order valence-corrected chi connectivity index (χ3v) is 5.58. The van der Waals surface area contributed by atoms with E-state index in [0.29, 0.717) is 16.9 Å². The van der Waals surface area contributed by atoms with E-state index in [1.165, 1.54) is 19.1 Å². The van der Waals surface area contributed by atoms with Crippen LogP contribution < -0.4 is 9.62 Å². The molecule has 1 amide bonds. The zero-order valence-corrected chi connectivity index (χ0v) is 18.0. The van der Waals surface area contributed by atoms with Crippen LogP contribution >= 0.6 is 0 Å². The summed E-state index contributed by atoms with van der Waals surface area (Å²) in [5, 5.41) is 2.70. The number of benzene rings is 2. The van der Waals surface area contributed by atoms with Gasteiger partial charge in [-0.3, -0.25) is 9.10 Å². The lowest BCUT2D eigenvalue weighted by Crippen LogP contribution is -2.45. The van der Waals surface area contributed by atoms with Crippen LogP contribution in [0.3, 0.4) is 0 Å². The number of nitrogens with zero attached hydrogens (tertiary/aromatic N) is 1. The third-order valence-electron chi connectivity index (χ3n) is 4.35. The third kappa shape index (κ3) is 5.57. The van der Waals surface area contributed by atoms with Crippen LogP contribution in [0.5, 0.6) is 0 Å². The first-order valence-corrected chi connectivity index (χ1v) is 11.0. The van der Waals surface area contributed by atoms with Crippen molar-refractivity contribution in [2.75, 3.05) is 22.5 Å². The van der Waals surface area contributed by atoms with Crippen molar-refractivity contribution in [2.24, 2.45) is 0 Å². The van der Waals surface area contributed by atoms with Crippen molar-refractivity contribution in [3.63, 3.8) is 0 Å². The lowest BCUT2D eigenvalue weighted by atomic mass is 10.1. The number of hydrogen-bond donors (Lipinski definition) is 1. The standard InChI is InChI=1S/C21H26N2O5S/c1-6-28-21(25)17-9-11-18(12-10-17)22-20(24)16(4)23(29(5,26)27)19-13-14(2)7-8-15(19)3/h7-13,16H,6H2,1-5H3,(H,22,24)/t16-/m1/s1. The van der Waals surface area contributed by atoms with E-state index in [4.69, 9.17) is 4.74 Å². The maximum Gasteiger partial charge on any atom is 0.338 e. The van der Waals surface area contributed by atoms with E-state index in [0.717, 1.165) is 21.7 Å². The number of ether oxygens (including phenoxy) is 1. The number of carbonyl (C=O) groups excluding carboxylic acids is 2. The van der Waals surface area contributed by atoms with Crippen LogP contribution in [0.2, 0.25) is 0 Å². The molecule has 0 radical (unpaired) electrons. The fraction of sp³-hybridized carbons (Fsp3) is 0.333. The van der Waals surface area contributed by atoms with Crippen molar-refractivity contribution >= 4 is 33.3 Å². The molecular weight excluding hydrogens is 392 g/mol. The van der Waals surface area contributed by atoms with E-state index in [2.05, 4.69) is 5.32 Å². The summed E-state index contributed by atoms with van der Waals surface area (Å²) in [5.41, 5.74) is 2.92. The van der Waals surface area contributed by atoms with Crippen LogP contribution in [-0.4, -0.2) is 39.2 Å². The summed E-state index contributed by atoms with van der Waals surface area (Å²) in [6.45, 7) is 7.18. The van der Waals surface area contributed by atoms with Crippen molar-refractivity contribution in [2.45, 2.75) is 33.7 Å². The zero-order valence-electron chi connectivity index (χ0n) is 17.2. The first-order valence-electron chi connectivity index (χ1n) is 9.19. The summed E-state index contributed by atoms with van der Waals surface area (Å²) < 4.78 is 31.0. The summed E-state index contributed by atoms with van der Waals surface area (Å²) in [6.07, 6.45) is 1.08. The molecule has 0 saturated heterocycles. The maximum absolute atomic E-state index is 12.8. The van der Waals surface area contributed by atoms with Crippen LogP contribution in [0.25, 0.3) is 0 Å². The number of aryl methyl sites for hydroxylation is 2. The van der Waals surface area contributed by atoms with Crippen LogP contribution in [0.15, 0.2) is 42.5 Å². The molecule has 1 N–H and O–H groups in total. The lowest BCUT2D eigenvalue weighted by molar-refractivity contribution is -0.116. The molecule has 0 aromatic heterocycles. The highest BCUT2D eigenvalue weighted by atomic mass is 32.2. The van der Waals surface area contributed by atoms with Crippen LogP contribution in [0, 0.1) is 13.8 Å². The number of nitrogens with one attached hydrogen (secondary N) is 1. The monoisotopic (exact) mass is 418 g/mol. The van der Waals surface area contributed by atoms with Gasteiger partial charge in [-0.15, -0.1) is 0 Å². The molecule has 0 bridgehead atoms. The van der Waals surface area contributed by atoms with Crippen LogP contribution in [0.4, 0.5) is 11.4 Å². The van der Waals surface area contributed by atoms with Gasteiger partial charge in [0.25, 0.3) is 0 Å². The second-order valence-electron chi connectivity index (χ2n) is 6.81. The van der Waals surface area contributed by atoms with Crippen molar-refractivity contribution in [3.8, 4) is 0 Å². The molecule has 0 unspecified atom stereocenters. The summed E-state index contributed by atoms with van der Waals surface area (Å²) in [5.74, 6) is -0.933. The molecule has 0 saturated carbocycles. The SMILES string of the molecule is CCOC(=O)c1ccc(NC(=O)[C@@H](C)N(c2cc(C)ccc2C)S(C)(=O)=O)cc1. The minimum absolute atomic E-state index is 0.272. The Labute approximate surface area is 171 Å². The van der Waals surface area contributed by atoms with E-state index in [1.807, 2.05) is 19.1 Å². The van der Waals surface area contributed by atoms with Gasteiger partial charge in [-0.1, -0.05) is 12.1 Å². The molecule has 0 spiro atoms. The van der Waals surface area contributed by atoms with Crippen molar-refractivity contribution < 1.29 is 22.7 Å². The molecule has 0 aliphatic heterocycles. The molecule has 8 heteroatoms. The molecule has 156 valence electrons. The number of rotatable bonds is 7. The Morgan fingerprint density at radius 3 is 2.28 bits per heavy atom. The zero-order chi connectivity index (χ0) is 21.8. The smallest absolute Gasteiger partial charge is 0.338 e. The van der Waals surface area contributed by atoms with Gasteiger partial charge in [0.05, 0.1) is 24.1 Å². The van der Waals surface area contributed by atoms with Crippen molar-refractivity contribution in [3.05, 3.63) is 59.2 Å². The Kier molecular flexibility index (Phi) is 7.02. The first-order chi connectivity index (χ1) is 13.5. The van der Waals surface area contributed by atoms with Gasteiger partial charge in [0.1, 0.15) is 6.04 Å². The Hall–Kier alpha value is -2.87. The van der Waals surface area contributed by atoms with Gasteiger partial charge < -0.3 is 10.1 Å². The number of anilines is 2. The Morgan fingerprint density at radius 2 is 1.72 bits per heavy atom. The van der Waals surface area contributed by atoms with E-state index in [-0.39, 0.29) is 6.61 Å². The topological polar surface area (TPSA) is 92.8 Å². The van der Waals surface area contributed by atoms with E-state index in [9.17, 15) is 18.0 Å². The Bertz CT molecular complexity index is 1000. The van der Waals surface area contributed by atoms with Gasteiger partial charge in [-0.05, 0) is 69.2 Å². The van der Waals surface area contributed by atoms with Gasteiger partial charge in [0.15, 0.2) is 0 Å². The quantitative estimate of drug-likeness (QED) is 0.697. The molecule has 0 heterocycles. The fourth-order valence-electron chi connectivity index (χ4n) is 2.89. The minimum atomic E-state index is -3.71. The molecule has 0 aliphatic carbocycles. The van der Waals surface area contributed by atoms with E-state index >= 15 is 0 Å². The summed E-state index contributed by atoms with van der Waals surface area (Å²) >= 11 is 0. The average molecular weight is 419 g/mol. The van der Waals surface area contributed by atoms with E-state index < -0.39 is 27.9 Å². The van der Waals surface area contributed by atoms with Gasteiger partial charge in [-0.2, -0.15) is 0 Å².